The zero-order valence-electron chi connectivity index (χ0n) is 15.7. The molecule has 0 atom stereocenters. The average Bonchev–Trinajstić information content (AvgIpc) is 2.67. The Morgan fingerprint density at radius 3 is 2.11 bits per heavy atom. The smallest absolute Gasteiger partial charge is 0.319 e. The Hall–Kier alpha value is -2.80. The quantitative estimate of drug-likeness (QED) is 0.713. The number of carbonyl (C=O) groups is 1. The maximum absolute atomic E-state index is 12.1. The van der Waals surface area contributed by atoms with E-state index in [-0.39, 0.29) is 6.03 Å². The van der Waals surface area contributed by atoms with Gasteiger partial charge in [-0.1, -0.05) is 11.6 Å². The van der Waals surface area contributed by atoms with Crippen LogP contribution in [0.2, 0.25) is 5.02 Å². The van der Waals surface area contributed by atoms with Crippen molar-refractivity contribution in [1.82, 2.24) is 5.32 Å². The van der Waals surface area contributed by atoms with Crippen molar-refractivity contribution < 1.29 is 23.7 Å². The van der Waals surface area contributed by atoms with E-state index in [9.17, 15) is 4.79 Å². The van der Waals surface area contributed by atoms with Crippen molar-refractivity contribution in [1.29, 1.82) is 0 Å². The van der Waals surface area contributed by atoms with Crippen LogP contribution in [0.4, 0.5) is 10.5 Å². The monoisotopic (exact) mass is 394 g/mol. The van der Waals surface area contributed by atoms with Gasteiger partial charge in [-0.05, 0) is 42.3 Å². The van der Waals surface area contributed by atoms with Gasteiger partial charge in [-0.25, -0.2) is 4.79 Å². The largest absolute Gasteiger partial charge is 0.495 e. The van der Waals surface area contributed by atoms with E-state index in [2.05, 4.69) is 10.6 Å². The number of hydrogen-bond acceptors (Lipinski definition) is 5. The van der Waals surface area contributed by atoms with Gasteiger partial charge in [0.15, 0.2) is 11.5 Å². The van der Waals surface area contributed by atoms with Crippen LogP contribution in [0.25, 0.3) is 0 Å². The van der Waals surface area contributed by atoms with E-state index in [1.165, 1.54) is 7.11 Å². The number of urea groups is 1. The first kappa shape index (κ1) is 20.5. The highest BCUT2D eigenvalue weighted by atomic mass is 35.5. The third-order valence-corrected chi connectivity index (χ3v) is 4.07. The lowest BCUT2D eigenvalue weighted by atomic mass is 10.1. The molecule has 8 heteroatoms. The molecule has 146 valence electrons. The van der Waals surface area contributed by atoms with Crippen molar-refractivity contribution in [3.05, 3.63) is 40.9 Å². The van der Waals surface area contributed by atoms with E-state index in [1.54, 1.807) is 39.5 Å². The van der Waals surface area contributed by atoms with Crippen molar-refractivity contribution in [2.75, 3.05) is 40.3 Å². The van der Waals surface area contributed by atoms with E-state index >= 15 is 0 Å². The number of nitrogens with one attached hydrogen (secondary N) is 2. The summed E-state index contributed by atoms with van der Waals surface area (Å²) in [5, 5.41) is 6.02. The van der Waals surface area contributed by atoms with Gasteiger partial charge >= 0.3 is 6.03 Å². The summed E-state index contributed by atoms with van der Waals surface area (Å²) in [7, 11) is 6.20. The molecular weight excluding hydrogens is 372 g/mol. The first-order valence-corrected chi connectivity index (χ1v) is 8.57. The lowest BCUT2D eigenvalue weighted by molar-refractivity contribution is 0.252. The van der Waals surface area contributed by atoms with Crippen LogP contribution in [0, 0.1) is 0 Å². The molecule has 0 heterocycles. The summed E-state index contributed by atoms with van der Waals surface area (Å²) in [5.41, 5.74) is 1.43. The summed E-state index contributed by atoms with van der Waals surface area (Å²) in [6, 6.07) is 8.34. The molecule has 0 spiro atoms. The fraction of sp³-hybridized carbons (Fsp3) is 0.316. The molecule has 0 unspecified atom stereocenters. The highest BCUT2D eigenvalue weighted by Gasteiger charge is 2.13. The first-order valence-electron chi connectivity index (χ1n) is 8.19. The molecule has 0 radical (unpaired) electrons. The molecule has 2 aromatic carbocycles. The molecule has 0 bridgehead atoms. The topological polar surface area (TPSA) is 78.1 Å². The zero-order chi connectivity index (χ0) is 19.8. The second kappa shape index (κ2) is 9.78. The molecule has 2 N–H and O–H groups in total. The molecule has 2 rings (SSSR count). The van der Waals surface area contributed by atoms with Crippen LogP contribution in [0.1, 0.15) is 5.56 Å². The van der Waals surface area contributed by atoms with Gasteiger partial charge in [0.05, 0.1) is 34.1 Å². The Balaban J connectivity index is 1.98. The van der Waals surface area contributed by atoms with Crippen molar-refractivity contribution >= 4 is 23.3 Å². The molecule has 2 amide bonds. The minimum atomic E-state index is -0.358. The number of benzene rings is 2. The first-order chi connectivity index (χ1) is 13.0. The van der Waals surface area contributed by atoms with Gasteiger partial charge in [0.1, 0.15) is 5.75 Å². The van der Waals surface area contributed by atoms with Crippen LogP contribution >= 0.6 is 11.6 Å². The molecular formula is C19H23ClN2O5. The number of methoxy groups -OCH3 is 4. The number of ether oxygens (including phenoxy) is 4. The lowest BCUT2D eigenvalue weighted by Gasteiger charge is -2.14. The van der Waals surface area contributed by atoms with Crippen molar-refractivity contribution in [3.63, 3.8) is 0 Å². The second-order valence-electron chi connectivity index (χ2n) is 5.51. The molecule has 0 aliphatic heterocycles. The maximum Gasteiger partial charge on any atom is 0.319 e. The zero-order valence-corrected chi connectivity index (χ0v) is 16.5. The molecule has 27 heavy (non-hydrogen) atoms. The number of hydrogen-bond donors (Lipinski definition) is 2. The highest BCUT2D eigenvalue weighted by molar-refractivity contribution is 6.31. The van der Waals surface area contributed by atoms with Gasteiger partial charge in [-0.3, -0.25) is 0 Å². The number of rotatable bonds is 8. The lowest BCUT2D eigenvalue weighted by Crippen LogP contribution is -2.30. The van der Waals surface area contributed by atoms with E-state index in [1.807, 2.05) is 12.1 Å². The summed E-state index contributed by atoms with van der Waals surface area (Å²) in [4.78, 5) is 12.1. The third-order valence-electron chi connectivity index (χ3n) is 3.83. The van der Waals surface area contributed by atoms with Gasteiger partial charge in [-0.2, -0.15) is 0 Å². The van der Waals surface area contributed by atoms with Gasteiger partial charge in [-0.15, -0.1) is 0 Å². The molecule has 0 aliphatic carbocycles. The van der Waals surface area contributed by atoms with Gasteiger partial charge in [0.25, 0.3) is 0 Å². The van der Waals surface area contributed by atoms with Gasteiger partial charge in [0, 0.05) is 11.6 Å². The molecule has 7 nitrogen and oxygen atoms in total. The standard InChI is InChI=1S/C19H23ClN2O5/c1-24-15-6-5-13(20)11-14(15)22-19(23)21-8-7-12-9-16(25-2)18(27-4)17(10-12)26-3/h5-6,9-11H,7-8H2,1-4H3,(H2,21,22,23). The average molecular weight is 395 g/mol. The molecule has 0 aromatic heterocycles. The van der Waals surface area contributed by atoms with E-state index in [0.717, 1.165) is 5.56 Å². The summed E-state index contributed by atoms with van der Waals surface area (Å²) in [6.45, 7) is 0.410. The van der Waals surface area contributed by atoms with Crippen LogP contribution in [0.3, 0.4) is 0 Å². The Kier molecular flexibility index (Phi) is 7.43. The number of carbonyl (C=O) groups excluding carboxylic acids is 1. The molecule has 0 saturated heterocycles. The van der Waals surface area contributed by atoms with E-state index in [4.69, 9.17) is 30.5 Å². The predicted octanol–water partition coefficient (Wildman–Crippen LogP) is 3.74. The van der Waals surface area contributed by atoms with E-state index < -0.39 is 0 Å². The molecule has 0 fully saturated rings. The predicted molar refractivity (Wildman–Crippen MR) is 105 cm³/mol. The van der Waals surface area contributed by atoms with Crippen molar-refractivity contribution in [3.8, 4) is 23.0 Å². The van der Waals surface area contributed by atoms with E-state index in [0.29, 0.717) is 46.7 Å². The third kappa shape index (κ3) is 5.34. The van der Waals surface area contributed by atoms with Crippen LogP contribution in [-0.4, -0.2) is 41.0 Å². The minimum Gasteiger partial charge on any atom is -0.495 e. The maximum atomic E-state index is 12.1. The summed E-state index contributed by atoms with van der Waals surface area (Å²) < 4.78 is 21.2. The Morgan fingerprint density at radius 2 is 1.56 bits per heavy atom. The van der Waals surface area contributed by atoms with Crippen LogP contribution < -0.4 is 29.6 Å². The van der Waals surface area contributed by atoms with Crippen LogP contribution in [-0.2, 0) is 6.42 Å². The van der Waals surface area contributed by atoms with Crippen LogP contribution in [0.15, 0.2) is 30.3 Å². The van der Waals surface area contributed by atoms with Crippen LogP contribution in [0.5, 0.6) is 23.0 Å². The highest BCUT2D eigenvalue weighted by Crippen LogP contribution is 2.38. The van der Waals surface area contributed by atoms with Gasteiger partial charge < -0.3 is 29.6 Å². The number of halogens is 1. The molecule has 2 aromatic rings. The SMILES string of the molecule is COc1ccc(Cl)cc1NC(=O)NCCc1cc(OC)c(OC)c(OC)c1. The minimum absolute atomic E-state index is 0.358. The Labute approximate surface area is 163 Å². The van der Waals surface area contributed by atoms with Crippen molar-refractivity contribution in [2.45, 2.75) is 6.42 Å². The number of anilines is 1. The number of amides is 2. The summed E-state index contributed by atoms with van der Waals surface area (Å²) in [5.74, 6) is 2.20. The Morgan fingerprint density at radius 1 is 0.926 bits per heavy atom. The Bertz CT molecular complexity index is 773. The fourth-order valence-electron chi connectivity index (χ4n) is 2.54. The molecule has 0 saturated carbocycles. The second-order valence-corrected chi connectivity index (χ2v) is 5.95. The normalized spacial score (nSPS) is 10.1. The van der Waals surface area contributed by atoms with Crippen molar-refractivity contribution in [2.24, 2.45) is 0 Å². The summed E-state index contributed by atoms with van der Waals surface area (Å²) >= 11 is 5.96. The molecule has 0 aliphatic rings. The van der Waals surface area contributed by atoms with Gasteiger partial charge in [0.2, 0.25) is 5.75 Å². The summed E-state index contributed by atoms with van der Waals surface area (Å²) in [6.07, 6.45) is 0.580. The fourth-order valence-corrected chi connectivity index (χ4v) is 2.72.